The highest BCUT2D eigenvalue weighted by Crippen LogP contribution is 2.48. The van der Waals surface area contributed by atoms with Crippen LogP contribution in [0.25, 0.3) is 61.7 Å². The van der Waals surface area contributed by atoms with E-state index in [1.54, 1.807) is 0 Å². The van der Waals surface area contributed by atoms with Crippen molar-refractivity contribution in [1.82, 2.24) is 19.5 Å². The molecule has 0 saturated heterocycles. The molecule has 0 radical (unpaired) electrons. The number of benzene rings is 5. The summed E-state index contributed by atoms with van der Waals surface area (Å²) in [7, 11) is 0. The molecule has 9 rings (SSSR count). The smallest absolute Gasteiger partial charge is 0.238 e. The molecule has 0 saturated carbocycles. The van der Waals surface area contributed by atoms with Gasteiger partial charge in [-0.3, -0.25) is 4.57 Å². The van der Waals surface area contributed by atoms with Crippen LogP contribution in [-0.2, 0) is 0 Å². The Morgan fingerprint density at radius 3 is 1.84 bits per heavy atom. The van der Waals surface area contributed by atoms with E-state index >= 15 is 0 Å². The normalized spacial score (nSPS) is 13.7. The molecule has 0 N–H and O–H groups in total. The molecule has 5 nitrogen and oxygen atoms in total. The van der Waals surface area contributed by atoms with Crippen LogP contribution in [-0.4, -0.2) is 19.5 Å². The van der Waals surface area contributed by atoms with E-state index in [4.69, 9.17) is 15.0 Å². The van der Waals surface area contributed by atoms with Gasteiger partial charge in [0.2, 0.25) is 12.0 Å². The SMILES string of the molecule is c1ccc(-c2nc(-c3ccccc3)nc(-n3c4ccccc4c4ccc5c(c43)C([n+]3ccccc3)c3ccccc3-5)n2)cc1. The molecule has 3 aromatic heterocycles. The first-order valence-corrected chi connectivity index (χ1v) is 14.8. The highest BCUT2D eigenvalue weighted by Gasteiger charge is 2.38. The minimum absolute atomic E-state index is 0.00168. The zero-order valence-corrected chi connectivity index (χ0v) is 23.7. The van der Waals surface area contributed by atoms with Crippen LogP contribution in [0, 0.1) is 0 Å². The first kappa shape index (κ1) is 24.6. The van der Waals surface area contributed by atoms with Gasteiger partial charge in [-0.05, 0) is 17.2 Å². The van der Waals surface area contributed by atoms with Gasteiger partial charge < -0.3 is 0 Å². The molecule has 5 heteroatoms. The van der Waals surface area contributed by atoms with E-state index < -0.39 is 0 Å². The van der Waals surface area contributed by atoms with Gasteiger partial charge in [0.15, 0.2) is 24.0 Å². The van der Waals surface area contributed by atoms with Crippen molar-refractivity contribution >= 4 is 21.8 Å². The summed E-state index contributed by atoms with van der Waals surface area (Å²) in [6.45, 7) is 0. The van der Waals surface area contributed by atoms with Crippen LogP contribution < -0.4 is 4.57 Å². The molecule has 1 unspecified atom stereocenters. The maximum Gasteiger partial charge on any atom is 0.238 e. The Morgan fingerprint density at radius 1 is 0.500 bits per heavy atom. The Bertz CT molecular complexity index is 2270. The van der Waals surface area contributed by atoms with E-state index in [0.29, 0.717) is 17.6 Å². The molecule has 8 aromatic rings. The van der Waals surface area contributed by atoms with Crippen molar-refractivity contribution in [3.05, 3.63) is 163 Å². The van der Waals surface area contributed by atoms with Crippen molar-refractivity contribution in [2.45, 2.75) is 6.04 Å². The summed E-state index contributed by atoms with van der Waals surface area (Å²) in [4.78, 5) is 15.3. The first-order chi connectivity index (χ1) is 21.8. The molecule has 0 bridgehead atoms. The lowest BCUT2D eigenvalue weighted by Crippen LogP contribution is -2.39. The number of fused-ring (bicyclic) bond motifs is 7. The molecular formula is C39H26N5+. The number of rotatable bonds is 4. The van der Waals surface area contributed by atoms with Crippen LogP contribution in [0.5, 0.6) is 0 Å². The molecule has 1 aliphatic carbocycles. The van der Waals surface area contributed by atoms with Crippen molar-refractivity contribution < 1.29 is 4.57 Å². The van der Waals surface area contributed by atoms with E-state index in [1.165, 1.54) is 33.0 Å². The number of hydrogen-bond acceptors (Lipinski definition) is 3. The molecule has 44 heavy (non-hydrogen) atoms. The molecular weight excluding hydrogens is 538 g/mol. The van der Waals surface area contributed by atoms with Crippen LogP contribution >= 0.6 is 0 Å². The van der Waals surface area contributed by atoms with Crippen LogP contribution in [0.2, 0.25) is 0 Å². The van der Waals surface area contributed by atoms with Gasteiger partial charge in [0.05, 0.1) is 16.6 Å². The summed E-state index contributed by atoms with van der Waals surface area (Å²) in [5.41, 5.74) is 9.10. The summed E-state index contributed by atoms with van der Waals surface area (Å²) in [5, 5.41) is 2.35. The molecule has 1 atom stereocenters. The third-order valence-corrected chi connectivity index (χ3v) is 8.62. The van der Waals surface area contributed by atoms with Gasteiger partial charge in [0, 0.05) is 39.6 Å². The molecule has 0 aliphatic heterocycles. The van der Waals surface area contributed by atoms with E-state index in [1.807, 2.05) is 36.4 Å². The Labute approximate surface area is 254 Å². The topological polar surface area (TPSA) is 47.5 Å². The summed E-state index contributed by atoms with van der Waals surface area (Å²) in [6, 6.07) is 48.4. The van der Waals surface area contributed by atoms with Gasteiger partial charge in [-0.15, -0.1) is 0 Å². The molecule has 3 heterocycles. The summed E-state index contributed by atoms with van der Waals surface area (Å²) in [6.07, 6.45) is 4.32. The van der Waals surface area contributed by atoms with Crippen molar-refractivity contribution in [1.29, 1.82) is 0 Å². The number of para-hydroxylation sites is 1. The average molecular weight is 565 g/mol. The summed E-state index contributed by atoms with van der Waals surface area (Å²) >= 11 is 0. The Kier molecular flexibility index (Phi) is 5.50. The minimum Gasteiger partial charge on any atom is -0.277 e. The molecule has 0 amide bonds. The zero-order valence-electron chi connectivity index (χ0n) is 23.7. The maximum atomic E-state index is 5.18. The predicted octanol–water partition coefficient (Wildman–Crippen LogP) is 8.21. The Balaban J connectivity index is 1.42. The minimum atomic E-state index is -0.00168. The van der Waals surface area contributed by atoms with Crippen LogP contribution in [0.15, 0.2) is 152 Å². The van der Waals surface area contributed by atoms with Crippen LogP contribution in [0.4, 0.5) is 0 Å². The number of pyridine rings is 1. The van der Waals surface area contributed by atoms with Crippen molar-refractivity contribution in [2.24, 2.45) is 0 Å². The van der Waals surface area contributed by atoms with Gasteiger partial charge in [-0.2, -0.15) is 14.5 Å². The second-order valence-electron chi connectivity index (χ2n) is 11.1. The molecule has 206 valence electrons. The second kappa shape index (κ2) is 9.82. The maximum absolute atomic E-state index is 5.18. The monoisotopic (exact) mass is 564 g/mol. The van der Waals surface area contributed by atoms with Gasteiger partial charge >= 0.3 is 0 Å². The first-order valence-electron chi connectivity index (χ1n) is 14.8. The average Bonchev–Trinajstić information content (AvgIpc) is 3.62. The van der Waals surface area contributed by atoms with Gasteiger partial charge in [0.25, 0.3) is 0 Å². The second-order valence-corrected chi connectivity index (χ2v) is 11.1. The third kappa shape index (κ3) is 3.73. The number of nitrogens with zero attached hydrogens (tertiary/aromatic N) is 5. The standard InChI is InChI=1S/C39H26N5/c1-4-14-26(15-5-1)37-40-38(27-16-6-2-7-17-27)42-39(41-37)44-33-21-11-10-19-29(33)32-23-22-30-28-18-8-9-20-31(28)35(34(30)36(32)44)43-24-12-3-13-25-43/h1-25,35H/q+1. The van der Waals surface area contributed by atoms with Crippen LogP contribution in [0.1, 0.15) is 17.2 Å². The molecule has 5 aromatic carbocycles. The van der Waals surface area contributed by atoms with Crippen LogP contribution in [0.3, 0.4) is 0 Å². The number of aromatic nitrogens is 5. The predicted molar refractivity (Wildman–Crippen MR) is 174 cm³/mol. The van der Waals surface area contributed by atoms with Crippen molar-refractivity contribution in [3.8, 4) is 39.9 Å². The van der Waals surface area contributed by atoms with Crippen molar-refractivity contribution in [3.63, 3.8) is 0 Å². The summed E-state index contributed by atoms with van der Waals surface area (Å²) < 4.78 is 4.57. The zero-order chi connectivity index (χ0) is 29.0. The largest absolute Gasteiger partial charge is 0.277 e. The Morgan fingerprint density at radius 2 is 1.11 bits per heavy atom. The van der Waals surface area contributed by atoms with Gasteiger partial charge in [0.1, 0.15) is 0 Å². The third-order valence-electron chi connectivity index (χ3n) is 8.62. The Hall–Kier alpha value is -5.94. The van der Waals surface area contributed by atoms with Gasteiger partial charge in [-0.25, -0.2) is 4.98 Å². The summed E-state index contributed by atoms with van der Waals surface area (Å²) in [5.74, 6) is 1.89. The van der Waals surface area contributed by atoms with E-state index in [-0.39, 0.29) is 6.04 Å². The molecule has 0 fully saturated rings. The van der Waals surface area contributed by atoms with Gasteiger partial charge in [-0.1, -0.05) is 121 Å². The fourth-order valence-electron chi connectivity index (χ4n) is 6.73. The lowest BCUT2D eigenvalue weighted by Gasteiger charge is -2.14. The molecule has 0 spiro atoms. The fraction of sp³-hybridized carbons (Fsp3) is 0.0256. The van der Waals surface area contributed by atoms with E-state index in [2.05, 4.69) is 125 Å². The molecule has 1 aliphatic rings. The highest BCUT2D eigenvalue weighted by atomic mass is 15.2. The highest BCUT2D eigenvalue weighted by molar-refractivity contribution is 6.12. The van der Waals surface area contributed by atoms with Crippen molar-refractivity contribution in [2.75, 3.05) is 0 Å². The lowest BCUT2D eigenvalue weighted by atomic mass is 10.0. The van der Waals surface area contributed by atoms with E-state index in [9.17, 15) is 0 Å². The fourth-order valence-corrected chi connectivity index (χ4v) is 6.73. The lowest BCUT2D eigenvalue weighted by molar-refractivity contribution is -0.704. The number of hydrogen-bond donors (Lipinski definition) is 0. The quantitative estimate of drug-likeness (QED) is 0.202. The van der Waals surface area contributed by atoms with E-state index in [0.717, 1.165) is 22.2 Å².